The number of imidazole rings is 1. The zero-order valence-corrected chi connectivity index (χ0v) is 22.7. The van der Waals surface area contributed by atoms with E-state index in [0.717, 1.165) is 22.2 Å². The van der Waals surface area contributed by atoms with E-state index in [1.165, 1.54) is 6.92 Å². The van der Waals surface area contributed by atoms with Crippen molar-refractivity contribution in [1.82, 2.24) is 25.3 Å². The predicted molar refractivity (Wildman–Crippen MR) is 153 cm³/mol. The zero-order chi connectivity index (χ0) is 28.3. The summed E-state index contributed by atoms with van der Waals surface area (Å²) in [5.74, 6) is -0.478. The number of hydrogen-bond donors (Lipinski definition) is 6. The maximum atomic E-state index is 13.5. The summed E-state index contributed by atoms with van der Waals surface area (Å²) in [5, 5.41) is 5.13. The molecule has 3 atom stereocenters. The predicted octanol–water partition coefficient (Wildman–Crippen LogP) is 3.94. The molecule has 0 aliphatic carbocycles. The second-order valence-electron chi connectivity index (χ2n) is 9.90. The van der Waals surface area contributed by atoms with E-state index in [0.29, 0.717) is 24.2 Å². The van der Waals surface area contributed by atoms with Crippen LogP contribution in [0, 0.1) is 0 Å². The summed E-state index contributed by atoms with van der Waals surface area (Å²) in [6, 6.07) is 22.9. The molecule has 6 N–H and O–H groups in total. The van der Waals surface area contributed by atoms with Gasteiger partial charge in [-0.05, 0) is 35.2 Å². The number of nitrogens with zero attached hydrogens (tertiary/aromatic N) is 1. The first kappa shape index (κ1) is 27.4. The van der Waals surface area contributed by atoms with Crippen molar-refractivity contribution in [2.45, 2.75) is 43.5 Å². The molecule has 2 heterocycles. The van der Waals surface area contributed by atoms with E-state index in [2.05, 4.69) is 20.3 Å². The quantitative estimate of drug-likeness (QED) is 0.182. The van der Waals surface area contributed by atoms with E-state index >= 15 is 0 Å². The highest BCUT2D eigenvalue weighted by Gasteiger charge is 2.38. The first-order chi connectivity index (χ1) is 19.2. The highest BCUT2D eigenvalue weighted by molar-refractivity contribution is 8.23. The van der Waals surface area contributed by atoms with Crippen molar-refractivity contribution < 1.29 is 23.5 Å². The van der Waals surface area contributed by atoms with E-state index in [-0.39, 0.29) is 18.2 Å². The Balaban J connectivity index is 1.40. The number of carbonyl (C=O) groups excluding carboxylic acids is 3. The first-order valence-corrected chi connectivity index (χ1v) is 14.5. The zero-order valence-electron chi connectivity index (χ0n) is 21.8. The number of benzene rings is 3. The topological polar surface area (TPSA) is 156 Å². The van der Waals surface area contributed by atoms with Crippen LogP contribution in [0.2, 0.25) is 0 Å². The molecule has 1 fully saturated rings. The molecule has 3 amide bonds. The van der Waals surface area contributed by atoms with Crippen LogP contribution >= 0.6 is 10.8 Å². The van der Waals surface area contributed by atoms with Crippen LogP contribution in [0.3, 0.4) is 0 Å². The van der Waals surface area contributed by atoms with E-state index in [1.807, 2.05) is 66.7 Å². The Labute approximate surface area is 233 Å². The van der Waals surface area contributed by atoms with Crippen molar-refractivity contribution in [3.05, 3.63) is 101 Å². The lowest BCUT2D eigenvalue weighted by Gasteiger charge is -2.32. The van der Waals surface area contributed by atoms with Crippen molar-refractivity contribution in [2.24, 2.45) is 0 Å². The van der Waals surface area contributed by atoms with Gasteiger partial charge >= 0.3 is 0 Å². The maximum Gasteiger partial charge on any atom is 0.243 e. The number of nitrogens with one attached hydrogen (secondary N) is 4. The summed E-state index contributed by atoms with van der Waals surface area (Å²) < 4.78 is 22.7. The van der Waals surface area contributed by atoms with Gasteiger partial charge in [0.05, 0.1) is 23.5 Å². The largest absolute Gasteiger partial charge is 0.344 e. The number of aromatic amines is 1. The fourth-order valence-electron chi connectivity index (χ4n) is 4.91. The van der Waals surface area contributed by atoms with Crippen molar-refractivity contribution in [2.75, 3.05) is 0 Å². The van der Waals surface area contributed by atoms with Crippen molar-refractivity contribution in [1.29, 1.82) is 0 Å². The Kier molecular flexibility index (Phi) is 7.88. The summed E-state index contributed by atoms with van der Waals surface area (Å²) in [6.07, 6.45) is 0.710. The number of fused-ring (bicyclic) bond motifs is 1. The fourth-order valence-corrected chi connectivity index (χ4v) is 6.39. The molecule has 1 aliphatic heterocycles. The molecule has 3 aromatic carbocycles. The summed E-state index contributed by atoms with van der Waals surface area (Å²) in [5.41, 5.74) is 4.01. The smallest absolute Gasteiger partial charge is 0.243 e. The molecule has 1 unspecified atom stereocenters. The molecule has 208 valence electrons. The number of hydrogen-bond acceptors (Lipinski definition) is 6. The molecule has 5 rings (SSSR count). The average Bonchev–Trinajstić information content (AvgIpc) is 3.48. The molecule has 11 heteroatoms. The number of H-pyrrole nitrogens is 1. The molecule has 10 nitrogen and oxygen atoms in total. The van der Waals surface area contributed by atoms with Crippen LogP contribution in [-0.4, -0.2) is 42.8 Å². The molecular formula is C29H31N5O5S. The van der Waals surface area contributed by atoms with Crippen LogP contribution in [0.5, 0.6) is 0 Å². The molecule has 1 aliphatic rings. The summed E-state index contributed by atoms with van der Waals surface area (Å²) in [6.45, 7) is 1.38. The molecule has 0 radical (unpaired) electrons. The molecule has 0 spiro atoms. The number of aromatic nitrogens is 2. The van der Waals surface area contributed by atoms with Gasteiger partial charge in [0.25, 0.3) is 0 Å². The molecule has 40 heavy (non-hydrogen) atoms. The summed E-state index contributed by atoms with van der Waals surface area (Å²) in [7, 11) is -3.25. The summed E-state index contributed by atoms with van der Waals surface area (Å²) >= 11 is 0. The number of carbonyl (C=O) groups is 3. The van der Waals surface area contributed by atoms with Gasteiger partial charge in [0.15, 0.2) is 0 Å². The number of para-hydroxylation sites is 2. The van der Waals surface area contributed by atoms with Crippen molar-refractivity contribution in [3.8, 4) is 0 Å². The van der Waals surface area contributed by atoms with Gasteiger partial charge in [-0.3, -0.25) is 28.2 Å². The minimum atomic E-state index is -3.25. The average molecular weight is 562 g/mol. The minimum Gasteiger partial charge on any atom is -0.344 e. The lowest BCUT2D eigenvalue weighted by molar-refractivity contribution is -0.128. The lowest BCUT2D eigenvalue weighted by atomic mass is 10.0. The van der Waals surface area contributed by atoms with E-state index in [1.54, 1.807) is 12.1 Å². The van der Waals surface area contributed by atoms with Gasteiger partial charge in [0.1, 0.15) is 17.1 Å². The monoisotopic (exact) mass is 561 g/mol. The number of rotatable bonds is 9. The van der Waals surface area contributed by atoms with E-state index in [4.69, 9.17) is 4.98 Å². The minimum absolute atomic E-state index is 0.00526. The Bertz CT molecular complexity index is 1490. The Morgan fingerprint density at radius 1 is 0.950 bits per heavy atom. The molecule has 0 saturated carbocycles. The molecule has 1 aromatic heterocycles. The fraction of sp³-hybridized carbons (Fsp3) is 0.241. The normalized spacial score (nSPS) is 18.5. The van der Waals surface area contributed by atoms with Crippen LogP contribution in [0.1, 0.15) is 47.2 Å². The van der Waals surface area contributed by atoms with Gasteiger partial charge in [-0.1, -0.05) is 66.7 Å². The second kappa shape index (κ2) is 11.5. The maximum absolute atomic E-state index is 13.5. The summed E-state index contributed by atoms with van der Waals surface area (Å²) in [4.78, 5) is 45.2. The van der Waals surface area contributed by atoms with Crippen LogP contribution in [0.25, 0.3) is 11.0 Å². The van der Waals surface area contributed by atoms with Gasteiger partial charge in [-0.25, -0.2) is 4.98 Å². The van der Waals surface area contributed by atoms with Crippen LogP contribution in [0.4, 0.5) is 0 Å². The Morgan fingerprint density at radius 3 is 2.27 bits per heavy atom. The third-order valence-corrected chi connectivity index (χ3v) is 8.61. The third kappa shape index (κ3) is 6.33. The highest BCUT2D eigenvalue weighted by Crippen LogP contribution is 2.56. The van der Waals surface area contributed by atoms with Crippen molar-refractivity contribution in [3.63, 3.8) is 0 Å². The SMILES string of the molecule is CC(=O)N[C@@H](Cc1ccccc1)C(=O)N[C@H](Cc1ccc(C2CC(=O)NS2(O)O)cc1)c1nc2ccccc2[nH]1. The van der Waals surface area contributed by atoms with Crippen LogP contribution < -0.4 is 15.4 Å². The molecular weight excluding hydrogens is 530 g/mol. The van der Waals surface area contributed by atoms with Gasteiger partial charge in [0.2, 0.25) is 17.7 Å². The third-order valence-electron chi connectivity index (χ3n) is 6.85. The van der Waals surface area contributed by atoms with E-state index in [9.17, 15) is 23.5 Å². The van der Waals surface area contributed by atoms with Crippen LogP contribution in [-0.2, 0) is 27.2 Å². The Morgan fingerprint density at radius 2 is 1.62 bits per heavy atom. The van der Waals surface area contributed by atoms with Crippen LogP contribution in [0.15, 0.2) is 78.9 Å². The Hall–Kier alpha value is -4.19. The van der Waals surface area contributed by atoms with Gasteiger partial charge < -0.3 is 15.6 Å². The lowest BCUT2D eigenvalue weighted by Crippen LogP contribution is -2.48. The second-order valence-corrected chi connectivity index (χ2v) is 11.9. The standard InChI is InChI=1S/C29H31N5O5S/c1-18(35)30-25(16-19-7-3-2-4-8-19)29(37)33-24(28-31-22-9-5-6-10-23(22)32-28)15-20-11-13-21(14-12-20)26-17-27(36)34-40(26,38)39/h2-14,24-26,38-39H,15-17H2,1H3,(H,30,35)(H,31,32)(H,33,37)(H,34,36)/t24-,25+,26?/m1/s1. The first-order valence-electron chi connectivity index (χ1n) is 12.9. The molecule has 1 saturated heterocycles. The van der Waals surface area contributed by atoms with Gasteiger partial charge in [-0.15, -0.1) is 10.8 Å². The van der Waals surface area contributed by atoms with Gasteiger partial charge in [-0.2, -0.15) is 0 Å². The van der Waals surface area contributed by atoms with Gasteiger partial charge in [0, 0.05) is 13.3 Å². The number of amides is 3. The van der Waals surface area contributed by atoms with E-state index < -0.39 is 34.0 Å². The van der Waals surface area contributed by atoms with Crippen molar-refractivity contribution >= 4 is 39.5 Å². The molecule has 4 aromatic rings. The molecule has 0 bridgehead atoms. The highest BCUT2D eigenvalue weighted by atomic mass is 32.3.